The van der Waals surface area contributed by atoms with Crippen LogP contribution < -0.4 is 5.32 Å². The third-order valence-electron chi connectivity index (χ3n) is 6.41. The predicted molar refractivity (Wildman–Crippen MR) is 126 cm³/mol. The number of hydrogen-bond donors (Lipinski definition) is 1. The highest BCUT2D eigenvalue weighted by atomic mass is 16.2. The van der Waals surface area contributed by atoms with Crippen LogP contribution in [0.15, 0.2) is 54.6 Å². The minimum atomic E-state index is 0.0509. The summed E-state index contributed by atoms with van der Waals surface area (Å²) in [7, 11) is 0. The molecule has 2 amide bonds. The second-order valence-electron chi connectivity index (χ2n) is 8.86. The van der Waals surface area contributed by atoms with E-state index in [1.54, 1.807) is 0 Å². The Morgan fingerprint density at radius 2 is 1.38 bits per heavy atom. The number of nitrogens with one attached hydrogen (secondary N) is 1. The Kier molecular flexibility index (Phi) is 7.91. The number of nitrogens with zero attached hydrogens (tertiary/aromatic N) is 3. The Morgan fingerprint density at radius 1 is 0.719 bits per heavy atom. The second kappa shape index (κ2) is 11.2. The third-order valence-corrected chi connectivity index (χ3v) is 6.41. The van der Waals surface area contributed by atoms with Crippen LogP contribution in [-0.2, 0) is 17.9 Å². The Balaban J connectivity index is 1.16. The molecule has 2 aromatic rings. The summed E-state index contributed by atoms with van der Waals surface area (Å²) in [5, 5.41) is 3.02. The minimum Gasteiger partial charge on any atom is -0.351 e. The third kappa shape index (κ3) is 6.40. The molecule has 0 atom stereocenters. The van der Waals surface area contributed by atoms with Gasteiger partial charge in [-0.2, -0.15) is 0 Å². The number of rotatable bonds is 7. The van der Waals surface area contributed by atoms with Crippen molar-refractivity contribution in [2.24, 2.45) is 0 Å². The van der Waals surface area contributed by atoms with E-state index < -0.39 is 0 Å². The van der Waals surface area contributed by atoms with Gasteiger partial charge in [-0.3, -0.25) is 19.4 Å². The molecule has 6 nitrogen and oxygen atoms in total. The molecular formula is C26H34N4O2. The molecule has 0 unspecified atom stereocenters. The highest BCUT2D eigenvalue weighted by Gasteiger charge is 2.20. The Hall–Kier alpha value is -2.70. The van der Waals surface area contributed by atoms with Gasteiger partial charge in [0.2, 0.25) is 5.91 Å². The second-order valence-corrected chi connectivity index (χ2v) is 8.86. The molecule has 0 aliphatic carbocycles. The number of piperidine rings is 1. The van der Waals surface area contributed by atoms with Crippen LogP contribution in [-0.4, -0.2) is 72.3 Å². The number of piperazine rings is 1. The van der Waals surface area contributed by atoms with Gasteiger partial charge in [0, 0.05) is 57.9 Å². The molecule has 2 saturated heterocycles. The van der Waals surface area contributed by atoms with Gasteiger partial charge in [-0.15, -0.1) is 0 Å². The zero-order chi connectivity index (χ0) is 22.2. The monoisotopic (exact) mass is 434 g/mol. The van der Waals surface area contributed by atoms with Crippen molar-refractivity contribution in [1.82, 2.24) is 20.0 Å². The maximum atomic E-state index is 12.6. The van der Waals surface area contributed by atoms with Crippen molar-refractivity contribution < 1.29 is 9.59 Å². The van der Waals surface area contributed by atoms with E-state index in [1.807, 2.05) is 35.2 Å². The first-order valence-corrected chi connectivity index (χ1v) is 11.8. The lowest BCUT2D eigenvalue weighted by atomic mass is 10.1. The maximum Gasteiger partial charge on any atom is 0.253 e. The summed E-state index contributed by atoms with van der Waals surface area (Å²) in [6, 6.07) is 18.2. The molecule has 0 spiro atoms. The van der Waals surface area contributed by atoms with Crippen molar-refractivity contribution in [3.8, 4) is 0 Å². The zero-order valence-corrected chi connectivity index (χ0v) is 18.8. The summed E-state index contributed by atoms with van der Waals surface area (Å²) in [5.41, 5.74) is 3.08. The van der Waals surface area contributed by atoms with Crippen molar-refractivity contribution in [2.75, 3.05) is 45.8 Å². The lowest BCUT2D eigenvalue weighted by Gasteiger charge is -2.34. The predicted octanol–water partition coefficient (Wildman–Crippen LogP) is 2.75. The van der Waals surface area contributed by atoms with Crippen LogP contribution in [0.2, 0.25) is 0 Å². The average molecular weight is 435 g/mol. The van der Waals surface area contributed by atoms with Crippen LogP contribution in [0.4, 0.5) is 0 Å². The van der Waals surface area contributed by atoms with E-state index in [1.165, 1.54) is 12.0 Å². The molecule has 2 aliphatic heterocycles. The normalized spacial score (nSPS) is 17.8. The van der Waals surface area contributed by atoms with Crippen LogP contribution in [0.1, 0.15) is 40.7 Å². The first-order chi connectivity index (χ1) is 15.7. The van der Waals surface area contributed by atoms with E-state index >= 15 is 0 Å². The number of likely N-dealkylation sites (tertiary alicyclic amines) is 1. The molecule has 0 bridgehead atoms. The number of benzene rings is 2. The summed E-state index contributed by atoms with van der Waals surface area (Å²) < 4.78 is 0. The van der Waals surface area contributed by atoms with Gasteiger partial charge < -0.3 is 10.2 Å². The van der Waals surface area contributed by atoms with Gasteiger partial charge in [-0.1, -0.05) is 42.5 Å². The number of carbonyl (C=O) groups excluding carboxylic acids is 2. The zero-order valence-electron chi connectivity index (χ0n) is 18.8. The van der Waals surface area contributed by atoms with Crippen molar-refractivity contribution in [3.63, 3.8) is 0 Å². The quantitative estimate of drug-likeness (QED) is 0.728. The van der Waals surface area contributed by atoms with Crippen LogP contribution >= 0.6 is 0 Å². The van der Waals surface area contributed by atoms with Gasteiger partial charge in [-0.05, 0) is 42.5 Å². The lowest BCUT2D eigenvalue weighted by molar-refractivity contribution is -0.122. The summed E-state index contributed by atoms with van der Waals surface area (Å²) in [6.07, 6.45) is 3.40. The van der Waals surface area contributed by atoms with E-state index in [0.717, 1.165) is 69.8 Å². The standard InChI is InChI=1S/C26H34N4O2/c31-25(21-29-17-15-28(16-18-29)20-23-7-3-1-4-8-23)27-19-22-9-11-24(12-10-22)26(32)30-13-5-2-6-14-30/h1,3-4,7-12H,2,5-6,13-21H2,(H,27,31). The fourth-order valence-corrected chi connectivity index (χ4v) is 4.45. The molecule has 0 aromatic heterocycles. The Morgan fingerprint density at radius 3 is 2.06 bits per heavy atom. The van der Waals surface area contributed by atoms with Crippen molar-refractivity contribution in [2.45, 2.75) is 32.4 Å². The van der Waals surface area contributed by atoms with Gasteiger partial charge in [0.1, 0.15) is 0 Å². The molecule has 0 saturated carbocycles. The molecule has 4 rings (SSSR count). The molecule has 1 N–H and O–H groups in total. The molecular weight excluding hydrogens is 400 g/mol. The maximum absolute atomic E-state index is 12.6. The summed E-state index contributed by atoms with van der Waals surface area (Å²) in [5.74, 6) is 0.168. The van der Waals surface area contributed by atoms with Crippen LogP contribution in [0, 0.1) is 0 Å². The first-order valence-electron chi connectivity index (χ1n) is 11.8. The average Bonchev–Trinajstić information content (AvgIpc) is 2.85. The molecule has 2 fully saturated rings. The van der Waals surface area contributed by atoms with Gasteiger partial charge in [0.05, 0.1) is 6.54 Å². The summed E-state index contributed by atoms with van der Waals surface area (Å²) in [4.78, 5) is 31.6. The lowest BCUT2D eigenvalue weighted by Crippen LogP contribution is -2.49. The first kappa shape index (κ1) is 22.5. The Bertz CT molecular complexity index is 870. The van der Waals surface area contributed by atoms with E-state index in [9.17, 15) is 9.59 Å². The number of carbonyl (C=O) groups is 2. The fourth-order valence-electron chi connectivity index (χ4n) is 4.45. The van der Waals surface area contributed by atoms with Crippen LogP contribution in [0.3, 0.4) is 0 Å². The Labute approximate surface area is 191 Å². The highest BCUT2D eigenvalue weighted by Crippen LogP contribution is 2.14. The molecule has 32 heavy (non-hydrogen) atoms. The molecule has 0 radical (unpaired) electrons. The highest BCUT2D eigenvalue weighted by molar-refractivity contribution is 5.94. The van der Waals surface area contributed by atoms with Gasteiger partial charge in [0.25, 0.3) is 5.91 Å². The van der Waals surface area contributed by atoms with Crippen LogP contribution in [0.25, 0.3) is 0 Å². The van der Waals surface area contributed by atoms with E-state index in [4.69, 9.17) is 0 Å². The topological polar surface area (TPSA) is 55.9 Å². The molecule has 170 valence electrons. The summed E-state index contributed by atoms with van der Waals surface area (Å²) >= 11 is 0. The largest absolute Gasteiger partial charge is 0.351 e. The van der Waals surface area contributed by atoms with Crippen molar-refractivity contribution in [3.05, 3.63) is 71.3 Å². The molecule has 2 heterocycles. The smallest absolute Gasteiger partial charge is 0.253 e. The minimum absolute atomic E-state index is 0.0509. The van der Waals surface area contributed by atoms with Gasteiger partial charge in [-0.25, -0.2) is 0 Å². The van der Waals surface area contributed by atoms with Crippen LogP contribution in [0.5, 0.6) is 0 Å². The van der Waals surface area contributed by atoms with Gasteiger partial charge >= 0.3 is 0 Å². The number of hydrogen-bond acceptors (Lipinski definition) is 4. The van der Waals surface area contributed by atoms with E-state index in [-0.39, 0.29) is 11.8 Å². The van der Waals surface area contributed by atoms with Gasteiger partial charge in [0.15, 0.2) is 0 Å². The molecule has 2 aromatic carbocycles. The molecule has 2 aliphatic rings. The van der Waals surface area contributed by atoms with E-state index in [2.05, 4.69) is 39.4 Å². The van der Waals surface area contributed by atoms with Crippen molar-refractivity contribution >= 4 is 11.8 Å². The number of amides is 2. The fraction of sp³-hybridized carbons (Fsp3) is 0.462. The van der Waals surface area contributed by atoms with Crippen molar-refractivity contribution in [1.29, 1.82) is 0 Å². The van der Waals surface area contributed by atoms with E-state index in [0.29, 0.717) is 13.1 Å². The summed E-state index contributed by atoms with van der Waals surface area (Å²) in [6.45, 7) is 7.39. The molecule has 6 heteroatoms. The SMILES string of the molecule is O=C(CN1CCN(Cc2ccccc2)CC1)NCc1ccc(C(=O)N2CCCCC2)cc1.